The van der Waals surface area contributed by atoms with Gasteiger partial charge in [0.1, 0.15) is 6.33 Å². The normalized spacial score (nSPS) is 21.8. The fraction of sp³-hybridized carbons (Fsp3) is 0.400. The lowest BCUT2D eigenvalue weighted by molar-refractivity contribution is 0.118. The van der Waals surface area contributed by atoms with Gasteiger partial charge >= 0.3 is 0 Å². The highest BCUT2D eigenvalue weighted by Gasteiger charge is 2.37. The Bertz CT molecular complexity index is 761. The number of para-hydroxylation sites is 2. The van der Waals surface area contributed by atoms with Crippen molar-refractivity contribution < 1.29 is 4.74 Å². The maximum absolute atomic E-state index is 5.56. The van der Waals surface area contributed by atoms with E-state index in [4.69, 9.17) is 9.72 Å². The molecule has 1 aromatic carbocycles. The fourth-order valence-electron chi connectivity index (χ4n) is 3.12. The minimum absolute atomic E-state index is 0.109. The zero-order chi connectivity index (χ0) is 15.1. The molecule has 0 spiro atoms. The number of ether oxygens (including phenoxy) is 1. The number of aromatic amines is 1. The van der Waals surface area contributed by atoms with Crippen LogP contribution >= 0.6 is 0 Å². The van der Waals surface area contributed by atoms with Crippen molar-refractivity contribution in [1.29, 1.82) is 0 Å². The van der Waals surface area contributed by atoms with Gasteiger partial charge in [0.2, 0.25) is 5.95 Å². The van der Waals surface area contributed by atoms with Gasteiger partial charge < -0.3 is 19.2 Å². The molecule has 1 saturated heterocycles. The minimum atomic E-state index is 0.109. The van der Waals surface area contributed by atoms with E-state index < -0.39 is 0 Å². The van der Waals surface area contributed by atoms with Crippen LogP contribution in [0.25, 0.3) is 11.0 Å². The van der Waals surface area contributed by atoms with E-state index in [1.807, 2.05) is 35.9 Å². The van der Waals surface area contributed by atoms with E-state index in [9.17, 15) is 0 Å². The molecule has 2 aromatic heterocycles. The summed E-state index contributed by atoms with van der Waals surface area (Å²) in [6, 6.07) is 8.16. The van der Waals surface area contributed by atoms with E-state index in [0.717, 1.165) is 35.8 Å². The smallest absolute Gasteiger partial charge is 0.204 e. The highest BCUT2D eigenvalue weighted by Crippen LogP contribution is 2.35. The van der Waals surface area contributed by atoms with Crippen LogP contribution in [0.1, 0.15) is 18.3 Å². The molecular weight excluding hydrogens is 280 g/mol. The summed E-state index contributed by atoms with van der Waals surface area (Å²) in [6.45, 7) is 0.786. The first-order chi connectivity index (χ1) is 10.8. The number of imidazole rings is 1. The van der Waals surface area contributed by atoms with Crippen LogP contribution in [0, 0.1) is 0 Å². The Morgan fingerprint density at radius 1 is 1.32 bits per heavy atom. The molecule has 3 heterocycles. The maximum Gasteiger partial charge on any atom is 0.204 e. The Hall–Kier alpha value is -2.41. The second-order valence-electron chi connectivity index (χ2n) is 5.64. The highest BCUT2D eigenvalue weighted by atomic mass is 16.5. The van der Waals surface area contributed by atoms with Gasteiger partial charge in [-0.1, -0.05) is 12.1 Å². The number of nitrogens with one attached hydrogen (secondary N) is 1. The molecule has 0 bridgehead atoms. The summed E-state index contributed by atoms with van der Waals surface area (Å²) < 4.78 is 7.52. The Kier molecular flexibility index (Phi) is 3.07. The molecule has 1 aliphatic rings. The minimum Gasteiger partial charge on any atom is -0.380 e. The van der Waals surface area contributed by atoms with Crippen LogP contribution < -0.4 is 4.90 Å². The van der Waals surface area contributed by atoms with E-state index in [0.29, 0.717) is 0 Å². The number of H-pyrrole nitrogens is 1. The highest BCUT2D eigenvalue weighted by molar-refractivity contribution is 5.77. The number of fused-ring (bicyclic) bond motifs is 1. The van der Waals surface area contributed by atoms with Gasteiger partial charge in [0.25, 0.3) is 0 Å². The van der Waals surface area contributed by atoms with Crippen molar-refractivity contribution in [3.8, 4) is 0 Å². The van der Waals surface area contributed by atoms with E-state index in [1.165, 1.54) is 0 Å². The van der Waals surface area contributed by atoms with Crippen LogP contribution in [0.5, 0.6) is 0 Å². The second kappa shape index (κ2) is 5.10. The molecule has 1 fully saturated rings. The van der Waals surface area contributed by atoms with Crippen molar-refractivity contribution in [3.63, 3.8) is 0 Å². The number of hydrogen-bond donors (Lipinski definition) is 1. The topological polar surface area (TPSA) is 71.9 Å². The fourth-order valence-corrected chi connectivity index (χ4v) is 3.12. The molecule has 7 heteroatoms. The number of methoxy groups -OCH3 is 1. The summed E-state index contributed by atoms with van der Waals surface area (Å²) in [5.41, 5.74) is 2.00. The number of hydrogen-bond acceptors (Lipinski definition) is 5. The monoisotopic (exact) mass is 298 g/mol. The average Bonchev–Trinajstić information content (AvgIpc) is 3.23. The Labute approximate surface area is 127 Å². The summed E-state index contributed by atoms with van der Waals surface area (Å²) in [5.74, 6) is 1.79. The predicted molar refractivity (Wildman–Crippen MR) is 82.6 cm³/mol. The van der Waals surface area contributed by atoms with E-state index >= 15 is 0 Å². The van der Waals surface area contributed by atoms with E-state index in [1.54, 1.807) is 13.4 Å². The molecule has 114 valence electrons. The van der Waals surface area contributed by atoms with Gasteiger partial charge in [-0.3, -0.25) is 0 Å². The zero-order valence-electron chi connectivity index (χ0n) is 12.6. The number of benzene rings is 1. The first-order valence-electron chi connectivity index (χ1n) is 7.34. The molecule has 4 rings (SSSR count). The van der Waals surface area contributed by atoms with E-state index in [2.05, 4.69) is 20.1 Å². The molecule has 0 aliphatic carbocycles. The van der Waals surface area contributed by atoms with Crippen molar-refractivity contribution in [2.45, 2.75) is 18.6 Å². The Balaban J connectivity index is 1.75. The third-order valence-corrected chi connectivity index (χ3v) is 4.29. The molecule has 1 aliphatic heterocycles. The van der Waals surface area contributed by atoms with Crippen LogP contribution in [0.4, 0.5) is 5.95 Å². The molecule has 0 amide bonds. The lowest BCUT2D eigenvalue weighted by Crippen LogP contribution is -2.27. The van der Waals surface area contributed by atoms with Gasteiger partial charge in [0.05, 0.1) is 23.2 Å². The average molecular weight is 298 g/mol. The van der Waals surface area contributed by atoms with Crippen LogP contribution in [0.15, 0.2) is 30.6 Å². The predicted octanol–water partition coefficient (Wildman–Crippen LogP) is 1.66. The summed E-state index contributed by atoms with van der Waals surface area (Å²) in [5, 5.41) is 8.27. The Morgan fingerprint density at radius 3 is 2.91 bits per heavy atom. The zero-order valence-corrected chi connectivity index (χ0v) is 12.6. The van der Waals surface area contributed by atoms with Crippen LogP contribution in [0.3, 0.4) is 0 Å². The van der Waals surface area contributed by atoms with Crippen LogP contribution in [-0.2, 0) is 11.8 Å². The molecule has 22 heavy (non-hydrogen) atoms. The molecule has 1 N–H and O–H groups in total. The van der Waals surface area contributed by atoms with Crippen LogP contribution in [0.2, 0.25) is 0 Å². The van der Waals surface area contributed by atoms with Crippen LogP contribution in [-0.4, -0.2) is 44.5 Å². The first-order valence-corrected chi connectivity index (χ1v) is 7.34. The lowest BCUT2D eigenvalue weighted by Gasteiger charge is -2.22. The van der Waals surface area contributed by atoms with Crippen molar-refractivity contribution in [2.75, 3.05) is 18.6 Å². The van der Waals surface area contributed by atoms with Gasteiger partial charge in [-0.15, -0.1) is 10.2 Å². The van der Waals surface area contributed by atoms with Crippen molar-refractivity contribution in [3.05, 3.63) is 36.4 Å². The van der Waals surface area contributed by atoms with Gasteiger partial charge in [-0.05, 0) is 12.1 Å². The molecule has 0 saturated carbocycles. The second-order valence-corrected chi connectivity index (χ2v) is 5.64. The quantitative estimate of drug-likeness (QED) is 0.796. The summed E-state index contributed by atoms with van der Waals surface area (Å²) >= 11 is 0. The van der Waals surface area contributed by atoms with E-state index in [-0.39, 0.29) is 12.1 Å². The summed E-state index contributed by atoms with van der Waals surface area (Å²) in [4.78, 5) is 10.3. The maximum atomic E-state index is 5.56. The molecule has 7 nitrogen and oxygen atoms in total. The van der Waals surface area contributed by atoms with Gasteiger partial charge in [0, 0.05) is 27.1 Å². The largest absolute Gasteiger partial charge is 0.380 e. The van der Waals surface area contributed by atoms with Crippen molar-refractivity contribution >= 4 is 17.0 Å². The molecule has 0 radical (unpaired) electrons. The van der Waals surface area contributed by atoms with Crippen molar-refractivity contribution in [2.24, 2.45) is 7.05 Å². The standard InChI is InChI=1S/C15H18N6O/c1-20-9-16-19-14(20)13-7-10(22-2)8-21(13)15-17-11-5-3-4-6-12(11)18-15/h3-6,9-10,13H,7-8H2,1-2H3,(H,17,18)/t10-,13+/m1/s1. The molecule has 3 aromatic rings. The molecule has 2 atom stereocenters. The number of nitrogens with zero attached hydrogens (tertiary/aromatic N) is 5. The summed E-state index contributed by atoms with van der Waals surface area (Å²) in [6.07, 6.45) is 2.77. The first kappa shape index (κ1) is 13.3. The SMILES string of the molecule is CO[C@@H]1C[C@@H](c2nncn2C)N(c2nc3ccccc3[nH]2)C1. The van der Waals surface area contributed by atoms with Crippen molar-refractivity contribution in [1.82, 2.24) is 24.7 Å². The van der Waals surface area contributed by atoms with Gasteiger partial charge in [0.15, 0.2) is 5.82 Å². The summed E-state index contributed by atoms with van der Waals surface area (Å²) in [7, 11) is 3.72. The number of rotatable bonds is 3. The molecular formula is C15H18N6O. The third kappa shape index (κ3) is 2.05. The third-order valence-electron chi connectivity index (χ3n) is 4.29. The number of aryl methyl sites for hydroxylation is 1. The van der Waals surface area contributed by atoms with Gasteiger partial charge in [-0.2, -0.15) is 0 Å². The Morgan fingerprint density at radius 2 is 2.18 bits per heavy atom. The van der Waals surface area contributed by atoms with Gasteiger partial charge in [-0.25, -0.2) is 4.98 Å². The number of aromatic nitrogens is 5. The lowest BCUT2D eigenvalue weighted by atomic mass is 10.2. The molecule has 0 unspecified atom stereocenters. The number of anilines is 1.